The number of hydrogen-bond donors (Lipinski definition) is 2. The number of nitrogens with one attached hydrogen (secondary N) is 2. The summed E-state index contributed by atoms with van der Waals surface area (Å²) in [5.41, 5.74) is 2.75. The van der Waals surface area contributed by atoms with Gasteiger partial charge in [0.05, 0.1) is 28.9 Å². The molecule has 7 heteroatoms. The van der Waals surface area contributed by atoms with Gasteiger partial charge in [0.1, 0.15) is 11.4 Å². The van der Waals surface area contributed by atoms with Crippen LogP contribution in [-0.4, -0.2) is 39.9 Å². The lowest BCUT2D eigenvalue weighted by atomic mass is 10.0. The van der Waals surface area contributed by atoms with E-state index in [0.29, 0.717) is 13.1 Å². The SMILES string of the molecule is CC(C)(C)OC(=O)N1CC(C#Cc2cc3[nH]ncc3cc2Nc2ccc(F)cc2)C1. The number of fused-ring (bicyclic) bond motifs is 1. The average Bonchev–Trinajstić information content (AvgIpc) is 3.08. The van der Waals surface area contributed by atoms with Gasteiger partial charge in [-0.15, -0.1) is 0 Å². The zero-order valence-electron chi connectivity index (χ0n) is 17.1. The molecule has 0 saturated carbocycles. The number of likely N-dealkylation sites (tertiary alicyclic amines) is 1. The molecule has 1 aliphatic heterocycles. The van der Waals surface area contributed by atoms with Gasteiger partial charge in [0, 0.05) is 24.2 Å². The van der Waals surface area contributed by atoms with Crippen LogP contribution in [0.2, 0.25) is 0 Å². The van der Waals surface area contributed by atoms with Crippen LogP contribution in [-0.2, 0) is 4.74 Å². The Labute approximate surface area is 174 Å². The fourth-order valence-electron chi connectivity index (χ4n) is 3.11. The predicted molar refractivity (Wildman–Crippen MR) is 114 cm³/mol. The van der Waals surface area contributed by atoms with Crippen molar-refractivity contribution in [1.82, 2.24) is 15.1 Å². The molecule has 2 aromatic carbocycles. The van der Waals surface area contributed by atoms with Crippen LogP contribution >= 0.6 is 0 Å². The van der Waals surface area contributed by atoms with Crippen molar-refractivity contribution in [2.75, 3.05) is 18.4 Å². The Morgan fingerprint density at radius 3 is 2.70 bits per heavy atom. The minimum Gasteiger partial charge on any atom is -0.444 e. The van der Waals surface area contributed by atoms with Gasteiger partial charge >= 0.3 is 6.09 Å². The normalized spacial score (nSPS) is 14.1. The number of nitrogens with zero attached hydrogens (tertiary/aromatic N) is 2. The van der Waals surface area contributed by atoms with Gasteiger partial charge in [-0.2, -0.15) is 5.10 Å². The van der Waals surface area contributed by atoms with Gasteiger partial charge in [-0.3, -0.25) is 5.10 Å². The van der Waals surface area contributed by atoms with Crippen molar-refractivity contribution in [2.24, 2.45) is 5.92 Å². The second-order valence-corrected chi connectivity index (χ2v) is 8.34. The summed E-state index contributed by atoms with van der Waals surface area (Å²) in [5, 5.41) is 11.3. The predicted octanol–water partition coefficient (Wildman–Crippen LogP) is 4.66. The third-order valence-electron chi connectivity index (χ3n) is 4.65. The summed E-state index contributed by atoms with van der Waals surface area (Å²) < 4.78 is 18.6. The Hall–Kier alpha value is -3.53. The lowest BCUT2D eigenvalue weighted by Gasteiger charge is -2.37. The number of carbonyl (C=O) groups excluding carboxylic acids is 1. The van der Waals surface area contributed by atoms with Crippen LogP contribution in [0.15, 0.2) is 42.6 Å². The molecule has 1 amide bonds. The summed E-state index contributed by atoms with van der Waals surface area (Å²) in [6, 6.07) is 10.1. The van der Waals surface area contributed by atoms with Crippen LogP contribution in [0.5, 0.6) is 0 Å². The molecular formula is C23H23FN4O2. The number of ether oxygens (including phenoxy) is 1. The number of carbonyl (C=O) groups is 1. The topological polar surface area (TPSA) is 70.2 Å². The Bertz CT molecular complexity index is 1130. The van der Waals surface area contributed by atoms with Crippen LogP contribution < -0.4 is 5.32 Å². The van der Waals surface area contributed by atoms with Gasteiger partial charge in [0.2, 0.25) is 0 Å². The Kier molecular flexibility index (Phi) is 5.08. The Balaban J connectivity index is 1.50. The summed E-state index contributed by atoms with van der Waals surface area (Å²) >= 11 is 0. The number of hydrogen-bond acceptors (Lipinski definition) is 4. The highest BCUT2D eigenvalue weighted by Crippen LogP contribution is 2.26. The lowest BCUT2D eigenvalue weighted by molar-refractivity contribution is 0.00592. The van der Waals surface area contributed by atoms with Crippen LogP contribution in [0.1, 0.15) is 26.3 Å². The first-order chi connectivity index (χ1) is 14.3. The molecule has 2 N–H and O–H groups in total. The van der Waals surface area contributed by atoms with Crippen molar-refractivity contribution in [1.29, 1.82) is 0 Å². The van der Waals surface area contributed by atoms with Crippen LogP contribution in [0.3, 0.4) is 0 Å². The van der Waals surface area contributed by atoms with Crippen LogP contribution in [0.4, 0.5) is 20.6 Å². The quantitative estimate of drug-likeness (QED) is 0.607. The summed E-state index contributed by atoms with van der Waals surface area (Å²) in [6.07, 6.45) is 1.44. The summed E-state index contributed by atoms with van der Waals surface area (Å²) in [7, 11) is 0. The standard InChI is InChI=1S/C23H23FN4O2/c1-23(2,3)30-22(29)28-13-15(14-28)4-5-16-10-21-17(12-25-27-21)11-20(16)26-19-8-6-18(24)7-9-19/h6-12,15,26H,13-14H2,1-3H3,(H,25,27). The molecule has 0 radical (unpaired) electrons. The maximum atomic E-state index is 13.2. The smallest absolute Gasteiger partial charge is 0.410 e. The zero-order valence-corrected chi connectivity index (χ0v) is 17.1. The largest absolute Gasteiger partial charge is 0.444 e. The molecule has 154 valence electrons. The molecule has 0 atom stereocenters. The molecule has 30 heavy (non-hydrogen) atoms. The van der Waals surface area contributed by atoms with Crippen molar-refractivity contribution in [3.63, 3.8) is 0 Å². The number of H-pyrrole nitrogens is 1. The molecule has 3 aromatic rings. The minimum atomic E-state index is -0.506. The van der Waals surface area contributed by atoms with Gasteiger partial charge in [-0.25, -0.2) is 9.18 Å². The molecular weight excluding hydrogens is 383 g/mol. The van der Waals surface area contributed by atoms with E-state index in [9.17, 15) is 9.18 Å². The highest BCUT2D eigenvalue weighted by Gasteiger charge is 2.32. The number of amides is 1. The second kappa shape index (κ2) is 7.71. The number of rotatable bonds is 2. The summed E-state index contributed by atoms with van der Waals surface area (Å²) in [5.74, 6) is 6.27. The van der Waals surface area contributed by atoms with Crippen molar-refractivity contribution >= 4 is 28.4 Å². The van der Waals surface area contributed by atoms with E-state index >= 15 is 0 Å². The molecule has 0 bridgehead atoms. The van der Waals surface area contributed by atoms with Gasteiger partial charge < -0.3 is 15.0 Å². The first-order valence-electron chi connectivity index (χ1n) is 9.76. The van der Waals surface area contributed by atoms with Gasteiger partial charge in [-0.1, -0.05) is 11.8 Å². The van der Waals surface area contributed by atoms with Crippen molar-refractivity contribution in [3.05, 3.63) is 54.0 Å². The minimum absolute atomic E-state index is 0.0913. The molecule has 6 nitrogen and oxygen atoms in total. The lowest BCUT2D eigenvalue weighted by Crippen LogP contribution is -2.51. The summed E-state index contributed by atoms with van der Waals surface area (Å²) in [4.78, 5) is 13.7. The first-order valence-corrected chi connectivity index (χ1v) is 9.76. The molecule has 1 fully saturated rings. The van der Waals surface area contributed by atoms with Gasteiger partial charge in [-0.05, 0) is 57.2 Å². The maximum absolute atomic E-state index is 13.2. The van der Waals surface area contributed by atoms with Crippen molar-refractivity contribution in [2.45, 2.75) is 26.4 Å². The van der Waals surface area contributed by atoms with E-state index in [1.807, 2.05) is 32.9 Å². The van der Waals surface area contributed by atoms with Crippen molar-refractivity contribution < 1.29 is 13.9 Å². The van der Waals surface area contributed by atoms with E-state index in [1.165, 1.54) is 12.1 Å². The molecule has 4 rings (SSSR count). The monoisotopic (exact) mass is 406 g/mol. The van der Waals surface area contributed by atoms with E-state index in [2.05, 4.69) is 27.4 Å². The van der Waals surface area contributed by atoms with E-state index in [0.717, 1.165) is 27.8 Å². The summed E-state index contributed by atoms with van der Waals surface area (Å²) in [6.45, 7) is 6.65. The molecule has 1 aromatic heterocycles. The van der Waals surface area contributed by atoms with E-state index < -0.39 is 5.60 Å². The number of benzene rings is 2. The van der Waals surface area contributed by atoms with Gasteiger partial charge in [0.15, 0.2) is 0 Å². The highest BCUT2D eigenvalue weighted by molar-refractivity contribution is 5.86. The average molecular weight is 406 g/mol. The van der Waals surface area contributed by atoms with E-state index in [4.69, 9.17) is 4.74 Å². The van der Waals surface area contributed by atoms with Crippen molar-refractivity contribution in [3.8, 4) is 11.8 Å². The number of aromatic amines is 1. The maximum Gasteiger partial charge on any atom is 0.410 e. The molecule has 0 unspecified atom stereocenters. The van der Waals surface area contributed by atoms with Crippen LogP contribution in [0.25, 0.3) is 10.9 Å². The number of anilines is 2. The fourth-order valence-corrected chi connectivity index (χ4v) is 3.11. The molecule has 1 aliphatic rings. The molecule has 1 saturated heterocycles. The molecule has 0 spiro atoms. The fraction of sp³-hybridized carbons (Fsp3) is 0.304. The number of halogens is 1. The molecule has 0 aliphatic carbocycles. The second-order valence-electron chi connectivity index (χ2n) is 8.34. The van der Waals surface area contributed by atoms with E-state index in [1.54, 1.807) is 23.2 Å². The highest BCUT2D eigenvalue weighted by atomic mass is 19.1. The third kappa shape index (κ3) is 4.54. The zero-order chi connectivity index (χ0) is 21.3. The van der Waals surface area contributed by atoms with Crippen LogP contribution in [0, 0.1) is 23.6 Å². The third-order valence-corrected chi connectivity index (χ3v) is 4.65. The molecule has 2 heterocycles. The van der Waals surface area contributed by atoms with E-state index in [-0.39, 0.29) is 17.8 Å². The Morgan fingerprint density at radius 2 is 2.00 bits per heavy atom. The first kappa shape index (κ1) is 19.8. The van der Waals surface area contributed by atoms with Gasteiger partial charge in [0.25, 0.3) is 0 Å². The number of aromatic nitrogens is 2. The Morgan fingerprint density at radius 1 is 1.27 bits per heavy atom.